The molecule has 0 atom stereocenters. The maximum Gasteiger partial charge on any atom is 0.193 e. The minimum Gasteiger partial charge on any atom is -0.496 e. The fourth-order valence-corrected chi connectivity index (χ4v) is 2.33. The van der Waals surface area contributed by atoms with E-state index in [4.69, 9.17) is 10.5 Å². The highest BCUT2D eigenvalue weighted by atomic mass is 79.9. The van der Waals surface area contributed by atoms with Crippen LogP contribution in [0.2, 0.25) is 0 Å². The van der Waals surface area contributed by atoms with Crippen molar-refractivity contribution >= 4 is 27.4 Å². The molecule has 0 unspecified atom stereocenters. The molecule has 3 nitrogen and oxygen atoms in total. The molecule has 0 aliphatic heterocycles. The molecule has 0 aliphatic carbocycles. The van der Waals surface area contributed by atoms with Crippen molar-refractivity contribution in [2.45, 2.75) is 6.92 Å². The Kier molecular flexibility index (Phi) is 3.90. The Morgan fingerprint density at radius 1 is 1.16 bits per heavy atom. The highest BCUT2D eigenvalue weighted by Crippen LogP contribution is 2.27. The summed E-state index contributed by atoms with van der Waals surface area (Å²) in [5.41, 5.74) is 8.58. The number of aryl methyl sites for hydroxylation is 1. The molecule has 4 heteroatoms. The van der Waals surface area contributed by atoms with Crippen molar-refractivity contribution in [3.63, 3.8) is 0 Å². The summed E-state index contributed by atoms with van der Waals surface area (Å²) in [5.74, 6) is 0.663. The van der Waals surface area contributed by atoms with Gasteiger partial charge in [0, 0.05) is 16.8 Å². The predicted octanol–water partition coefficient (Wildman–Crippen LogP) is 3.58. The lowest BCUT2D eigenvalue weighted by molar-refractivity contribution is 0.103. The monoisotopic (exact) mass is 319 g/mol. The van der Waals surface area contributed by atoms with E-state index in [-0.39, 0.29) is 5.78 Å². The summed E-state index contributed by atoms with van der Waals surface area (Å²) < 4.78 is 5.90. The number of carbonyl (C=O) groups excluding carboxylic acids is 1. The fraction of sp³-hybridized carbons (Fsp3) is 0.133. The van der Waals surface area contributed by atoms with Crippen molar-refractivity contribution in [3.8, 4) is 5.75 Å². The van der Waals surface area contributed by atoms with Crippen LogP contribution in [0, 0.1) is 6.92 Å². The largest absolute Gasteiger partial charge is 0.496 e. The standard InChI is InChI=1S/C15H14BrNO2/c1-9-7-10(3-5-13(9)17)15(18)11-4-6-14(19-2)12(16)8-11/h3-8H,17H2,1-2H3. The molecule has 0 aromatic heterocycles. The van der Waals surface area contributed by atoms with Gasteiger partial charge in [0.1, 0.15) is 5.75 Å². The van der Waals surface area contributed by atoms with E-state index in [1.165, 1.54) is 0 Å². The fourth-order valence-electron chi connectivity index (χ4n) is 1.79. The number of ketones is 1. The topological polar surface area (TPSA) is 52.3 Å². The van der Waals surface area contributed by atoms with Gasteiger partial charge in [-0.15, -0.1) is 0 Å². The summed E-state index contributed by atoms with van der Waals surface area (Å²) in [6.45, 7) is 1.88. The minimum atomic E-state index is -0.0357. The lowest BCUT2D eigenvalue weighted by atomic mass is 10.0. The number of benzene rings is 2. The van der Waals surface area contributed by atoms with Crippen molar-refractivity contribution in [1.82, 2.24) is 0 Å². The summed E-state index contributed by atoms with van der Waals surface area (Å²) in [6.07, 6.45) is 0. The van der Waals surface area contributed by atoms with Gasteiger partial charge in [-0.25, -0.2) is 0 Å². The van der Waals surface area contributed by atoms with Gasteiger partial charge in [0.15, 0.2) is 5.78 Å². The van der Waals surface area contributed by atoms with Gasteiger partial charge in [0.25, 0.3) is 0 Å². The third-order valence-electron chi connectivity index (χ3n) is 2.95. The second-order valence-corrected chi connectivity index (χ2v) is 5.10. The second-order valence-electron chi connectivity index (χ2n) is 4.25. The number of ether oxygens (including phenoxy) is 1. The van der Waals surface area contributed by atoms with Crippen molar-refractivity contribution in [2.75, 3.05) is 12.8 Å². The molecule has 19 heavy (non-hydrogen) atoms. The maximum atomic E-state index is 12.4. The van der Waals surface area contributed by atoms with E-state index in [1.807, 2.05) is 6.92 Å². The molecule has 0 heterocycles. The third kappa shape index (κ3) is 2.79. The van der Waals surface area contributed by atoms with E-state index in [9.17, 15) is 4.79 Å². The van der Waals surface area contributed by atoms with Gasteiger partial charge in [0.2, 0.25) is 0 Å². The average molecular weight is 320 g/mol. The van der Waals surface area contributed by atoms with Crippen LogP contribution in [-0.4, -0.2) is 12.9 Å². The molecular formula is C15H14BrNO2. The first-order valence-corrected chi connectivity index (χ1v) is 6.56. The Morgan fingerprint density at radius 2 is 1.79 bits per heavy atom. The Hall–Kier alpha value is -1.81. The van der Waals surface area contributed by atoms with Crippen molar-refractivity contribution in [1.29, 1.82) is 0 Å². The Labute approximate surface area is 120 Å². The van der Waals surface area contributed by atoms with Crippen LogP contribution in [0.15, 0.2) is 40.9 Å². The molecule has 0 spiro atoms. The highest BCUT2D eigenvalue weighted by Gasteiger charge is 2.12. The van der Waals surface area contributed by atoms with Crippen molar-refractivity contribution in [3.05, 3.63) is 57.6 Å². The number of hydrogen-bond acceptors (Lipinski definition) is 3. The first kappa shape index (κ1) is 13.6. The maximum absolute atomic E-state index is 12.4. The van der Waals surface area contributed by atoms with Gasteiger partial charge in [0.05, 0.1) is 11.6 Å². The summed E-state index contributed by atoms with van der Waals surface area (Å²) in [5, 5.41) is 0. The van der Waals surface area contributed by atoms with Gasteiger partial charge in [-0.1, -0.05) is 0 Å². The highest BCUT2D eigenvalue weighted by molar-refractivity contribution is 9.10. The van der Waals surface area contributed by atoms with Crippen LogP contribution in [-0.2, 0) is 0 Å². The predicted molar refractivity (Wildman–Crippen MR) is 79.7 cm³/mol. The number of anilines is 1. The van der Waals surface area contributed by atoms with Gasteiger partial charge in [-0.2, -0.15) is 0 Å². The van der Waals surface area contributed by atoms with Crippen LogP contribution in [0.3, 0.4) is 0 Å². The Morgan fingerprint density at radius 3 is 2.37 bits per heavy atom. The van der Waals surface area contributed by atoms with Crippen molar-refractivity contribution < 1.29 is 9.53 Å². The number of nitrogens with two attached hydrogens (primary N) is 1. The number of methoxy groups -OCH3 is 1. The molecule has 0 aliphatic rings. The van der Waals surface area contributed by atoms with Gasteiger partial charge in [-0.3, -0.25) is 4.79 Å². The molecule has 2 aromatic rings. The normalized spacial score (nSPS) is 10.3. The lowest BCUT2D eigenvalue weighted by Crippen LogP contribution is -2.03. The third-order valence-corrected chi connectivity index (χ3v) is 3.57. The minimum absolute atomic E-state index is 0.0357. The zero-order chi connectivity index (χ0) is 14.0. The Balaban J connectivity index is 2.38. The van der Waals surface area contributed by atoms with Crippen LogP contribution in [0.5, 0.6) is 5.75 Å². The average Bonchev–Trinajstić information content (AvgIpc) is 2.41. The molecule has 0 radical (unpaired) electrons. The van der Waals surface area contributed by atoms with E-state index in [0.29, 0.717) is 22.6 Å². The zero-order valence-corrected chi connectivity index (χ0v) is 12.3. The zero-order valence-electron chi connectivity index (χ0n) is 10.7. The molecule has 2 rings (SSSR count). The first-order valence-electron chi connectivity index (χ1n) is 5.77. The molecule has 2 N–H and O–H groups in total. The number of nitrogen functional groups attached to an aromatic ring is 1. The second kappa shape index (κ2) is 5.45. The number of rotatable bonds is 3. The van der Waals surface area contributed by atoms with Crippen LogP contribution in [0.4, 0.5) is 5.69 Å². The van der Waals surface area contributed by atoms with Gasteiger partial charge < -0.3 is 10.5 Å². The molecule has 0 fully saturated rings. The first-order chi connectivity index (χ1) is 9.02. The Bertz CT molecular complexity index is 638. The molecule has 98 valence electrons. The summed E-state index contributed by atoms with van der Waals surface area (Å²) in [7, 11) is 1.59. The molecule has 0 amide bonds. The van der Waals surface area contributed by atoms with Crippen LogP contribution < -0.4 is 10.5 Å². The van der Waals surface area contributed by atoms with Crippen molar-refractivity contribution in [2.24, 2.45) is 0 Å². The summed E-state index contributed by atoms with van der Waals surface area (Å²) in [4.78, 5) is 12.4. The van der Waals surface area contributed by atoms with E-state index in [1.54, 1.807) is 43.5 Å². The van der Waals surface area contributed by atoms with Crippen LogP contribution in [0.25, 0.3) is 0 Å². The number of halogens is 1. The quantitative estimate of drug-likeness (QED) is 0.695. The van der Waals surface area contributed by atoms with E-state index < -0.39 is 0 Å². The summed E-state index contributed by atoms with van der Waals surface area (Å²) >= 11 is 3.38. The van der Waals surface area contributed by atoms with Gasteiger partial charge in [-0.05, 0) is 64.8 Å². The number of carbonyl (C=O) groups is 1. The van der Waals surface area contributed by atoms with Crippen LogP contribution >= 0.6 is 15.9 Å². The number of hydrogen-bond donors (Lipinski definition) is 1. The van der Waals surface area contributed by atoms with E-state index >= 15 is 0 Å². The molecule has 0 bridgehead atoms. The smallest absolute Gasteiger partial charge is 0.193 e. The SMILES string of the molecule is COc1ccc(C(=O)c2ccc(N)c(C)c2)cc1Br. The molecule has 0 saturated carbocycles. The van der Waals surface area contributed by atoms with Gasteiger partial charge >= 0.3 is 0 Å². The summed E-state index contributed by atoms with van der Waals surface area (Å²) in [6, 6.07) is 10.6. The van der Waals surface area contributed by atoms with E-state index in [0.717, 1.165) is 10.0 Å². The molecule has 0 saturated heterocycles. The molecular weight excluding hydrogens is 306 g/mol. The molecule has 2 aromatic carbocycles. The van der Waals surface area contributed by atoms with E-state index in [2.05, 4.69) is 15.9 Å². The van der Waals surface area contributed by atoms with Crippen LogP contribution in [0.1, 0.15) is 21.5 Å². The lowest BCUT2D eigenvalue weighted by Gasteiger charge is -2.07.